The molecule has 0 amide bonds. The molecule has 2 aromatic carbocycles. The third-order valence-electron chi connectivity index (χ3n) is 3.16. The molecule has 1 atom stereocenters. The van der Waals surface area contributed by atoms with Gasteiger partial charge in [0.1, 0.15) is 5.75 Å². The normalized spacial score (nSPS) is 12.0. The van der Waals surface area contributed by atoms with Crippen molar-refractivity contribution in [3.05, 3.63) is 72.4 Å². The van der Waals surface area contributed by atoms with Gasteiger partial charge in [-0.25, -0.2) is 4.79 Å². The summed E-state index contributed by atoms with van der Waals surface area (Å²) in [6.07, 6.45) is 0.688. The fraction of sp³-hybridized carbons (Fsp3) is 0.0588. The van der Waals surface area contributed by atoms with Gasteiger partial charge >= 0.3 is 5.97 Å². The van der Waals surface area contributed by atoms with Crippen molar-refractivity contribution < 1.29 is 14.6 Å². The van der Waals surface area contributed by atoms with Crippen LogP contribution in [-0.2, 0) is 4.79 Å². The van der Waals surface area contributed by atoms with E-state index in [1.54, 1.807) is 42.6 Å². The quantitative estimate of drug-likeness (QED) is 0.794. The summed E-state index contributed by atoms with van der Waals surface area (Å²) in [4.78, 5) is 15.7. The number of fused-ring (bicyclic) bond motifs is 1. The summed E-state index contributed by atoms with van der Waals surface area (Å²) in [6.45, 7) is 0. The highest BCUT2D eigenvalue weighted by Gasteiger charge is 2.21. The first-order valence-electron chi connectivity index (χ1n) is 6.53. The Morgan fingerprint density at radius 3 is 2.62 bits per heavy atom. The molecule has 0 fully saturated rings. The monoisotopic (exact) mass is 279 g/mol. The standard InChI is InChI=1S/C17H13NO3/c19-17(20)16(12-5-2-1-3-6-12)21-14-8-9-15-13(11-14)7-4-10-18-15/h1-11,16H,(H,19,20). The molecule has 1 aromatic heterocycles. The second-order valence-electron chi connectivity index (χ2n) is 4.60. The number of carbonyl (C=O) groups is 1. The SMILES string of the molecule is O=C(O)C(Oc1ccc2ncccc2c1)c1ccccc1. The maximum Gasteiger partial charge on any atom is 0.349 e. The van der Waals surface area contributed by atoms with Gasteiger partial charge in [-0.2, -0.15) is 0 Å². The largest absolute Gasteiger partial charge is 0.478 e. The average Bonchev–Trinajstić information content (AvgIpc) is 2.53. The fourth-order valence-electron chi connectivity index (χ4n) is 2.15. The summed E-state index contributed by atoms with van der Waals surface area (Å²) in [5, 5.41) is 10.3. The predicted octanol–water partition coefficient (Wildman–Crippen LogP) is 3.44. The molecule has 4 nitrogen and oxygen atoms in total. The van der Waals surface area contributed by atoms with Crippen LogP contribution in [0.2, 0.25) is 0 Å². The Morgan fingerprint density at radius 2 is 1.86 bits per heavy atom. The molecular weight excluding hydrogens is 266 g/mol. The molecular formula is C17H13NO3. The molecule has 3 aromatic rings. The Labute approximate surface area is 121 Å². The molecule has 0 saturated heterocycles. The Morgan fingerprint density at radius 1 is 1.05 bits per heavy atom. The van der Waals surface area contributed by atoms with Crippen molar-refractivity contribution in [2.45, 2.75) is 6.10 Å². The average molecular weight is 279 g/mol. The zero-order chi connectivity index (χ0) is 14.7. The molecule has 0 aliphatic carbocycles. The van der Waals surface area contributed by atoms with Gasteiger partial charge in [-0.3, -0.25) is 4.98 Å². The van der Waals surface area contributed by atoms with Gasteiger partial charge < -0.3 is 9.84 Å². The molecule has 1 unspecified atom stereocenters. The lowest BCUT2D eigenvalue weighted by atomic mass is 10.1. The molecule has 0 spiro atoms. The van der Waals surface area contributed by atoms with E-state index in [-0.39, 0.29) is 0 Å². The molecule has 1 N–H and O–H groups in total. The summed E-state index contributed by atoms with van der Waals surface area (Å²) in [5.74, 6) is -0.515. The van der Waals surface area contributed by atoms with E-state index in [2.05, 4.69) is 4.98 Å². The van der Waals surface area contributed by atoms with Gasteiger partial charge in [0.15, 0.2) is 0 Å². The minimum atomic E-state index is -1.03. The van der Waals surface area contributed by atoms with E-state index >= 15 is 0 Å². The maximum absolute atomic E-state index is 11.4. The molecule has 0 aliphatic heterocycles. The lowest BCUT2D eigenvalue weighted by Crippen LogP contribution is -2.18. The number of rotatable bonds is 4. The molecule has 0 aliphatic rings. The highest BCUT2D eigenvalue weighted by atomic mass is 16.5. The molecule has 21 heavy (non-hydrogen) atoms. The van der Waals surface area contributed by atoms with Gasteiger partial charge in [0.25, 0.3) is 0 Å². The Kier molecular flexibility index (Phi) is 3.51. The van der Waals surface area contributed by atoms with Crippen molar-refractivity contribution in [2.24, 2.45) is 0 Å². The second kappa shape index (κ2) is 5.63. The summed E-state index contributed by atoms with van der Waals surface area (Å²) in [6, 6.07) is 18.0. The predicted molar refractivity (Wildman–Crippen MR) is 79.2 cm³/mol. The minimum Gasteiger partial charge on any atom is -0.478 e. The Bertz CT molecular complexity index is 771. The van der Waals surface area contributed by atoms with Gasteiger partial charge in [-0.1, -0.05) is 36.4 Å². The topological polar surface area (TPSA) is 59.4 Å². The number of hydrogen-bond donors (Lipinski definition) is 1. The number of carboxylic acid groups (broad SMARTS) is 1. The third-order valence-corrected chi connectivity index (χ3v) is 3.16. The van der Waals surface area contributed by atoms with Crippen LogP contribution in [-0.4, -0.2) is 16.1 Å². The van der Waals surface area contributed by atoms with Crippen molar-refractivity contribution in [3.8, 4) is 5.75 Å². The summed E-state index contributed by atoms with van der Waals surface area (Å²) < 4.78 is 5.64. The summed E-state index contributed by atoms with van der Waals surface area (Å²) in [7, 11) is 0. The van der Waals surface area contributed by atoms with Crippen LogP contribution in [0.25, 0.3) is 10.9 Å². The van der Waals surface area contributed by atoms with Crippen LogP contribution in [0.1, 0.15) is 11.7 Å². The zero-order valence-electron chi connectivity index (χ0n) is 11.1. The van der Waals surface area contributed by atoms with Crippen molar-refractivity contribution in [2.75, 3.05) is 0 Å². The van der Waals surface area contributed by atoms with Crippen LogP contribution in [0, 0.1) is 0 Å². The van der Waals surface area contributed by atoms with Crippen molar-refractivity contribution in [3.63, 3.8) is 0 Å². The minimum absolute atomic E-state index is 0.506. The summed E-state index contributed by atoms with van der Waals surface area (Å²) in [5.41, 5.74) is 1.45. The molecule has 4 heteroatoms. The smallest absolute Gasteiger partial charge is 0.349 e. The van der Waals surface area contributed by atoms with Crippen LogP contribution in [0.5, 0.6) is 5.75 Å². The van der Waals surface area contributed by atoms with E-state index < -0.39 is 12.1 Å². The van der Waals surface area contributed by atoms with Crippen LogP contribution in [0.3, 0.4) is 0 Å². The van der Waals surface area contributed by atoms with Crippen LogP contribution in [0.4, 0.5) is 0 Å². The molecule has 3 rings (SSSR count). The van der Waals surface area contributed by atoms with Crippen molar-refractivity contribution in [1.82, 2.24) is 4.98 Å². The second-order valence-corrected chi connectivity index (χ2v) is 4.60. The number of benzene rings is 2. The van der Waals surface area contributed by atoms with Gasteiger partial charge in [-0.05, 0) is 24.3 Å². The van der Waals surface area contributed by atoms with E-state index in [1.165, 1.54) is 0 Å². The molecule has 0 radical (unpaired) electrons. The van der Waals surface area contributed by atoms with Crippen molar-refractivity contribution in [1.29, 1.82) is 0 Å². The van der Waals surface area contributed by atoms with E-state index in [0.29, 0.717) is 11.3 Å². The van der Waals surface area contributed by atoms with Crippen LogP contribution < -0.4 is 4.74 Å². The number of hydrogen-bond acceptors (Lipinski definition) is 3. The van der Waals surface area contributed by atoms with Gasteiger partial charge in [0.05, 0.1) is 5.52 Å². The fourth-order valence-corrected chi connectivity index (χ4v) is 2.15. The number of pyridine rings is 1. The number of ether oxygens (including phenoxy) is 1. The van der Waals surface area contributed by atoms with Crippen molar-refractivity contribution >= 4 is 16.9 Å². The van der Waals surface area contributed by atoms with Gasteiger partial charge in [-0.15, -0.1) is 0 Å². The van der Waals surface area contributed by atoms with Crippen LogP contribution >= 0.6 is 0 Å². The highest BCUT2D eigenvalue weighted by Crippen LogP contribution is 2.25. The number of aromatic nitrogens is 1. The molecule has 1 heterocycles. The first-order valence-corrected chi connectivity index (χ1v) is 6.53. The summed E-state index contributed by atoms with van der Waals surface area (Å²) >= 11 is 0. The number of aliphatic carboxylic acids is 1. The lowest BCUT2D eigenvalue weighted by Gasteiger charge is -2.15. The first kappa shape index (κ1) is 13.1. The van der Waals surface area contributed by atoms with E-state index in [1.807, 2.05) is 24.3 Å². The molecule has 0 saturated carbocycles. The maximum atomic E-state index is 11.4. The highest BCUT2D eigenvalue weighted by molar-refractivity contribution is 5.80. The molecule has 104 valence electrons. The lowest BCUT2D eigenvalue weighted by molar-refractivity contribution is -0.145. The van der Waals surface area contributed by atoms with E-state index in [0.717, 1.165) is 10.9 Å². The van der Waals surface area contributed by atoms with Gasteiger partial charge in [0.2, 0.25) is 6.10 Å². The third kappa shape index (κ3) is 2.84. The van der Waals surface area contributed by atoms with E-state index in [4.69, 9.17) is 4.74 Å². The number of carboxylic acids is 1. The van der Waals surface area contributed by atoms with Crippen LogP contribution in [0.15, 0.2) is 66.9 Å². The Hall–Kier alpha value is -2.88. The van der Waals surface area contributed by atoms with Gasteiger partial charge in [0, 0.05) is 17.1 Å². The first-order chi connectivity index (χ1) is 10.2. The molecule has 0 bridgehead atoms. The zero-order valence-corrected chi connectivity index (χ0v) is 11.1. The Balaban J connectivity index is 1.93. The number of nitrogens with zero attached hydrogens (tertiary/aromatic N) is 1. The van der Waals surface area contributed by atoms with E-state index in [9.17, 15) is 9.90 Å².